The van der Waals surface area contributed by atoms with E-state index in [2.05, 4.69) is 4.72 Å². The first-order chi connectivity index (χ1) is 12.5. The predicted molar refractivity (Wildman–Crippen MR) is 92.9 cm³/mol. The summed E-state index contributed by atoms with van der Waals surface area (Å²) in [5.74, 6) is 0.599. The van der Waals surface area contributed by atoms with Gasteiger partial charge in [-0.1, -0.05) is 12.1 Å². The third-order valence-electron chi connectivity index (χ3n) is 4.17. The van der Waals surface area contributed by atoms with E-state index < -0.39 is 15.8 Å². The van der Waals surface area contributed by atoms with E-state index in [1.807, 2.05) is 0 Å². The number of ether oxygens (including phenoxy) is 2. The van der Waals surface area contributed by atoms with Crippen molar-refractivity contribution in [2.45, 2.75) is 11.4 Å². The Morgan fingerprint density at radius 1 is 1.15 bits per heavy atom. The number of aryl methyl sites for hydroxylation is 1. The van der Waals surface area contributed by atoms with Gasteiger partial charge in [0.2, 0.25) is 10.0 Å². The van der Waals surface area contributed by atoms with E-state index in [1.165, 1.54) is 22.8 Å². The minimum Gasteiger partial charge on any atom is -0.486 e. The average molecular weight is 376 g/mol. The molecule has 2 heterocycles. The third-order valence-corrected chi connectivity index (χ3v) is 5.57. The van der Waals surface area contributed by atoms with Gasteiger partial charge in [-0.3, -0.25) is 4.57 Å². The molecule has 4 rings (SSSR count). The molecule has 0 fully saturated rings. The Kier molecular flexibility index (Phi) is 3.97. The van der Waals surface area contributed by atoms with Gasteiger partial charge in [0.1, 0.15) is 13.2 Å². The average Bonchev–Trinajstić information content (AvgIpc) is 2.93. The maximum absolute atomic E-state index is 12.6. The molecule has 1 N–H and O–H groups in total. The molecule has 0 amide bonds. The number of hydrogen-bond acceptors (Lipinski definition) is 6. The minimum absolute atomic E-state index is 0.0151. The first-order valence-electron chi connectivity index (χ1n) is 7.92. The molecule has 0 radical (unpaired) electrons. The van der Waals surface area contributed by atoms with Gasteiger partial charge >= 0.3 is 5.76 Å². The lowest BCUT2D eigenvalue weighted by atomic mass is 10.2. The molecule has 0 saturated carbocycles. The van der Waals surface area contributed by atoms with Gasteiger partial charge in [-0.2, -0.15) is 0 Å². The molecule has 9 heteroatoms. The predicted octanol–water partition coefficient (Wildman–Crippen LogP) is 1.38. The number of rotatable bonds is 4. The Morgan fingerprint density at radius 3 is 2.81 bits per heavy atom. The molecular weight excluding hydrogens is 360 g/mol. The fourth-order valence-electron chi connectivity index (χ4n) is 2.81. The first-order valence-corrected chi connectivity index (χ1v) is 9.41. The smallest absolute Gasteiger partial charge is 0.419 e. The van der Waals surface area contributed by atoms with Crippen LogP contribution in [0, 0.1) is 0 Å². The van der Waals surface area contributed by atoms with Crippen LogP contribution in [-0.4, -0.2) is 26.2 Å². The molecule has 1 aromatic heterocycles. The fraction of sp³-hybridized carbons (Fsp3) is 0.235. The molecule has 1 aliphatic rings. The van der Waals surface area contributed by atoms with Gasteiger partial charge < -0.3 is 13.9 Å². The van der Waals surface area contributed by atoms with E-state index in [4.69, 9.17) is 13.9 Å². The lowest BCUT2D eigenvalue weighted by Crippen LogP contribution is -2.24. The number of sulfonamides is 1. The van der Waals surface area contributed by atoms with Crippen molar-refractivity contribution in [3.8, 4) is 11.5 Å². The normalized spacial score (nSPS) is 13.9. The second-order valence-corrected chi connectivity index (χ2v) is 7.59. The summed E-state index contributed by atoms with van der Waals surface area (Å²) < 4.78 is 45.2. The Hall–Kier alpha value is -2.78. The maximum atomic E-state index is 12.6. The number of hydrogen-bond donors (Lipinski definition) is 1. The lowest BCUT2D eigenvalue weighted by Gasteiger charge is -2.21. The zero-order chi connectivity index (χ0) is 18.3. The Labute approximate surface area is 149 Å². The van der Waals surface area contributed by atoms with Crippen molar-refractivity contribution in [2.75, 3.05) is 13.2 Å². The summed E-state index contributed by atoms with van der Waals surface area (Å²) in [6, 6.07) is 9.63. The SMILES string of the molecule is Cn1c(=O)oc2cc(S(=O)(=O)NCc3cccc4c3OCCO4)ccc21. The molecule has 26 heavy (non-hydrogen) atoms. The zero-order valence-electron chi connectivity index (χ0n) is 13.9. The van der Waals surface area contributed by atoms with Crippen molar-refractivity contribution in [3.05, 3.63) is 52.5 Å². The molecule has 0 aliphatic carbocycles. The number of fused-ring (bicyclic) bond motifs is 2. The van der Waals surface area contributed by atoms with Crippen molar-refractivity contribution in [2.24, 2.45) is 7.05 Å². The number of para-hydroxylation sites is 1. The second-order valence-electron chi connectivity index (χ2n) is 5.82. The number of aromatic nitrogens is 1. The van der Waals surface area contributed by atoms with Gasteiger partial charge in [-0.05, 0) is 18.2 Å². The quantitative estimate of drug-likeness (QED) is 0.738. The van der Waals surface area contributed by atoms with E-state index >= 15 is 0 Å². The number of benzene rings is 2. The Balaban J connectivity index is 1.61. The van der Waals surface area contributed by atoms with Crippen molar-refractivity contribution < 1.29 is 22.3 Å². The van der Waals surface area contributed by atoms with Crippen LogP contribution < -0.4 is 20.0 Å². The summed E-state index contributed by atoms with van der Waals surface area (Å²) >= 11 is 0. The standard InChI is InChI=1S/C17H16N2O6S/c1-19-13-6-5-12(9-15(13)25-17(19)20)26(21,22)18-10-11-3-2-4-14-16(11)24-8-7-23-14/h2-6,9,18H,7-8,10H2,1H3. The summed E-state index contributed by atoms with van der Waals surface area (Å²) in [7, 11) is -2.24. The molecule has 0 unspecified atom stereocenters. The van der Waals surface area contributed by atoms with Gasteiger partial charge in [0.25, 0.3) is 0 Å². The molecule has 2 aromatic carbocycles. The van der Waals surface area contributed by atoms with Crippen molar-refractivity contribution in [1.29, 1.82) is 0 Å². The number of oxazole rings is 1. The molecule has 136 valence electrons. The lowest BCUT2D eigenvalue weighted by molar-refractivity contribution is 0.170. The zero-order valence-corrected chi connectivity index (χ0v) is 14.7. The van der Waals surface area contributed by atoms with E-state index in [9.17, 15) is 13.2 Å². The summed E-state index contributed by atoms with van der Waals surface area (Å²) in [5.41, 5.74) is 1.42. The van der Waals surface area contributed by atoms with Crippen LogP contribution in [0.5, 0.6) is 11.5 Å². The summed E-state index contributed by atoms with van der Waals surface area (Å²) in [5, 5.41) is 0. The second kappa shape index (κ2) is 6.19. The molecule has 0 atom stereocenters. The van der Waals surface area contributed by atoms with Crippen LogP contribution in [-0.2, 0) is 23.6 Å². The highest BCUT2D eigenvalue weighted by Gasteiger charge is 2.20. The topological polar surface area (TPSA) is 99.8 Å². The molecule has 8 nitrogen and oxygen atoms in total. The van der Waals surface area contributed by atoms with E-state index in [-0.39, 0.29) is 17.0 Å². The molecule has 3 aromatic rings. The molecule has 0 saturated heterocycles. The van der Waals surface area contributed by atoms with Crippen LogP contribution in [0.2, 0.25) is 0 Å². The van der Waals surface area contributed by atoms with Crippen molar-refractivity contribution >= 4 is 21.1 Å². The Bertz CT molecular complexity index is 1150. The van der Waals surface area contributed by atoms with Crippen LogP contribution in [0.4, 0.5) is 0 Å². The fourth-order valence-corrected chi connectivity index (χ4v) is 3.83. The largest absolute Gasteiger partial charge is 0.486 e. The van der Waals surface area contributed by atoms with Gasteiger partial charge in [0.05, 0.1) is 10.4 Å². The highest BCUT2D eigenvalue weighted by atomic mass is 32.2. The van der Waals surface area contributed by atoms with Crippen molar-refractivity contribution in [1.82, 2.24) is 9.29 Å². The first kappa shape index (κ1) is 16.7. The molecular formula is C17H16N2O6S. The van der Waals surface area contributed by atoms with Crippen LogP contribution in [0.3, 0.4) is 0 Å². The van der Waals surface area contributed by atoms with Crippen LogP contribution in [0.1, 0.15) is 5.56 Å². The molecule has 0 spiro atoms. The summed E-state index contributed by atoms with van der Waals surface area (Å²) in [6.07, 6.45) is 0. The van der Waals surface area contributed by atoms with Gasteiger partial charge in [0, 0.05) is 25.2 Å². The third kappa shape index (κ3) is 2.85. The van der Waals surface area contributed by atoms with Crippen LogP contribution in [0.15, 0.2) is 50.5 Å². The number of nitrogens with zero attached hydrogens (tertiary/aromatic N) is 1. The minimum atomic E-state index is -3.80. The Morgan fingerprint density at radius 2 is 1.96 bits per heavy atom. The highest BCUT2D eigenvalue weighted by Crippen LogP contribution is 2.33. The summed E-state index contributed by atoms with van der Waals surface area (Å²) in [6.45, 7) is 0.927. The van der Waals surface area contributed by atoms with Gasteiger partial charge in [0.15, 0.2) is 17.1 Å². The van der Waals surface area contributed by atoms with E-state index in [1.54, 1.807) is 25.2 Å². The van der Waals surface area contributed by atoms with E-state index in [0.29, 0.717) is 35.8 Å². The van der Waals surface area contributed by atoms with Crippen LogP contribution >= 0.6 is 0 Å². The molecule has 1 aliphatic heterocycles. The highest BCUT2D eigenvalue weighted by molar-refractivity contribution is 7.89. The molecule has 0 bridgehead atoms. The van der Waals surface area contributed by atoms with Gasteiger partial charge in [-0.15, -0.1) is 0 Å². The maximum Gasteiger partial charge on any atom is 0.419 e. The number of nitrogens with one attached hydrogen (secondary N) is 1. The summed E-state index contributed by atoms with van der Waals surface area (Å²) in [4.78, 5) is 11.6. The van der Waals surface area contributed by atoms with Gasteiger partial charge in [-0.25, -0.2) is 17.9 Å². The van der Waals surface area contributed by atoms with E-state index in [0.717, 1.165) is 0 Å². The van der Waals surface area contributed by atoms with Crippen LogP contribution in [0.25, 0.3) is 11.1 Å². The van der Waals surface area contributed by atoms with Crippen molar-refractivity contribution in [3.63, 3.8) is 0 Å². The monoisotopic (exact) mass is 376 g/mol.